The second kappa shape index (κ2) is 6.29. The van der Waals surface area contributed by atoms with E-state index in [1.807, 2.05) is 17.4 Å². The van der Waals surface area contributed by atoms with Crippen LogP contribution in [0.25, 0.3) is 0 Å². The number of hydrogen-bond acceptors (Lipinski definition) is 4. The van der Waals surface area contributed by atoms with Crippen molar-refractivity contribution in [2.24, 2.45) is 0 Å². The molecule has 2 rings (SSSR count). The lowest BCUT2D eigenvalue weighted by atomic mass is 10.1. The van der Waals surface area contributed by atoms with E-state index in [1.54, 1.807) is 19.2 Å². The van der Waals surface area contributed by atoms with Gasteiger partial charge in [0.05, 0.1) is 7.11 Å². The van der Waals surface area contributed by atoms with Gasteiger partial charge in [0.25, 0.3) is 0 Å². The van der Waals surface area contributed by atoms with Gasteiger partial charge in [-0.1, -0.05) is 6.07 Å². The summed E-state index contributed by atoms with van der Waals surface area (Å²) in [7, 11) is 1.55. The van der Waals surface area contributed by atoms with E-state index < -0.39 is 0 Å². The van der Waals surface area contributed by atoms with Crippen molar-refractivity contribution in [1.29, 1.82) is 0 Å². The SMILES string of the molecule is COc1ccc(CN[C@@H](C)c2cc(C)sc2C)cc1O. The quantitative estimate of drug-likeness (QED) is 0.877. The molecule has 0 radical (unpaired) electrons. The van der Waals surface area contributed by atoms with Crippen LogP contribution in [0.4, 0.5) is 0 Å². The summed E-state index contributed by atoms with van der Waals surface area (Å²) in [6, 6.07) is 8.03. The van der Waals surface area contributed by atoms with Gasteiger partial charge in [0.2, 0.25) is 0 Å². The molecule has 3 nitrogen and oxygen atoms in total. The Balaban J connectivity index is 2.01. The van der Waals surface area contributed by atoms with Gasteiger partial charge in [-0.3, -0.25) is 0 Å². The van der Waals surface area contributed by atoms with Crippen molar-refractivity contribution in [2.75, 3.05) is 7.11 Å². The Bertz CT molecular complexity index is 592. The molecular weight excluding hydrogens is 270 g/mol. The fourth-order valence-electron chi connectivity index (χ4n) is 2.31. The maximum absolute atomic E-state index is 9.77. The van der Waals surface area contributed by atoms with E-state index in [0.29, 0.717) is 18.3 Å². The predicted octanol–water partition coefficient (Wildman–Crippen LogP) is 3.93. The first kappa shape index (κ1) is 14.9. The summed E-state index contributed by atoms with van der Waals surface area (Å²) >= 11 is 1.83. The molecule has 0 aliphatic rings. The first-order chi connectivity index (χ1) is 9.51. The number of thiophene rings is 1. The zero-order valence-corrected chi connectivity index (χ0v) is 13.2. The monoisotopic (exact) mass is 291 g/mol. The number of ether oxygens (including phenoxy) is 1. The van der Waals surface area contributed by atoms with Gasteiger partial charge in [0, 0.05) is 22.3 Å². The third kappa shape index (κ3) is 3.32. The molecule has 4 heteroatoms. The fourth-order valence-corrected chi connectivity index (χ4v) is 3.33. The van der Waals surface area contributed by atoms with Gasteiger partial charge in [0.1, 0.15) is 0 Å². The molecule has 0 aliphatic carbocycles. The second-order valence-corrected chi connectivity index (χ2v) is 6.44. The molecule has 1 aromatic carbocycles. The lowest BCUT2D eigenvalue weighted by Crippen LogP contribution is -2.18. The summed E-state index contributed by atoms with van der Waals surface area (Å²) in [5.74, 6) is 0.688. The molecule has 2 aromatic rings. The minimum atomic E-state index is 0.182. The van der Waals surface area contributed by atoms with Crippen LogP contribution in [0, 0.1) is 13.8 Å². The normalized spacial score (nSPS) is 12.4. The Morgan fingerprint density at radius 3 is 2.60 bits per heavy atom. The van der Waals surface area contributed by atoms with Gasteiger partial charge < -0.3 is 15.2 Å². The van der Waals surface area contributed by atoms with Crippen molar-refractivity contribution in [2.45, 2.75) is 33.4 Å². The number of phenols is 1. The lowest BCUT2D eigenvalue weighted by Gasteiger charge is -2.14. The van der Waals surface area contributed by atoms with Crippen LogP contribution in [-0.4, -0.2) is 12.2 Å². The van der Waals surface area contributed by atoms with E-state index in [9.17, 15) is 5.11 Å². The Morgan fingerprint density at radius 1 is 1.30 bits per heavy atom. The summed E-state index contributed by atoms with van der Waals surface area (Å²) in [5, 5.41) is 13.3. The van der Waals surface area contributed by atoms with Gasteiger partial charge in [-0.25, -0.2) is 0 Å². The molecule has 0 fully saturated rings. The summed E-state index contributed by atoms with van der Waals surface area (Å²) < 4.78 is 5.04. The van der Waals surface area contributed by atoms with Gasteiger partial charge >= 0.3 is 0 Å². The van der Waals surface area contributed by atoms with Crippen LogP contribution in [-0.2, 0) is 6.54 Å². The zero-order chi connectivity index (χ0) is 14.7. The highest BCUT2D eigenvalue weighted by Gasteiger charge is 2.11. The third-order valence-corrected chi connectivity index (χ3v) is 4.38. The lowest BCUT2D eigenvalue weighted by molar-refractivity contribution is 0.373. The maximum Gasteiger partial charge on any atom is 0.160 e. The van der Waals surface area contributed by atoms with E-state index in [1.165, 1.54) is 15.3 Å². The molecule has 0 amide bonds. The third-order valence-electron chi connectivity index (χ3n) is 3.40. The van der Waals surface area contributed by atoms with E-state index in [0.717, 1.165) is 5.56 Å². The molecular formula is C16H21NO2S. The molecule has 0 unspecified atom stereocenters. The molecule has 0 saturated heterocycles. The second-order valence-electron chi connectivity index (χ2n) is 4.98. The molecule has 2 N–H and O–H groups in total. The van der Waals surface area contributed by atoms with Gasteiger partial charge in [-0.15, -0.1) is 11.3 Å². The first-order valence-corrected chi connectivity index (χ1v) is 7.49. The maximum atomic E-state index is 9.77. The van der Waals surface area contributed by atoms with E-state index in [4.69, 9.17) is 4.74 Å². The van der Waals surface area contributed by atoms with E-state index in [-0.39, 0.29) is 5.75 Å². The molecule has 1 atom stereocenters. The fraction of sp³-hybridized carbons (Fsp3) is 0.375. The Morgan fingerprint density at radius 2 is 2.05 bits per heavy atom. The average molecular weight is 291 g/mol. The summed E-state index contributed by atoms with van der Waals surface area (Å²) in [6.45, 7) is 7.17. The first-order valence-electron chi connectivity index (χ1n) is 6.67. The predicted molar refractivity (Wildman–Crippen MR) is 83.7 cm³/mol. The molecule has 108 valence electrons. The molecule has 0 spiro atoms. The molecule has 20 heavy (non-hydrogen) atoms. The van der Waals surface area contributed by atoms with Crippen LogP contribution in [0.5, 0.6) is 11.5 Å². The largest absolute Gasteiger partial charge is 0.504 e. The van der Waals surface area contributed by atoms with Crippen LogP contribution >= 0.6 is 11.3 Å². The minimum absolute atomic E-state index is 0.182. The Kier molecular flexibility index (Phi) is 4.68. The summed E-state index contributed by atoms with van der Waals surface area (Å²) in [4.78, 5) is 2.70. The van der Waals surface area contributed by atoms with Crippen molar-refractivity contribution in [3.05, 3.63) is 45.1 Å². The van der Waals surface area contributed by atoms with Gasteiger partial charge in [0.15, 0.2) is 11.5 Å². The highest BCUT2D eigenvalue weighted by molar-refractivity contribution is 7.12. The number of rotatable bonds is 5. The van der Waals surface area contributed by atoms with Crippen LogP contribution in [0.3, 0.4) is 0 Å². The van der Waals surface area contributed by atoms with Crippen molar-refractivity contribution in [3.8, 4) is 11.5 Å². The van der Waals surface area contributed by atoms with E-state index >= 15 is 0 Å². The average Bonchev–Trinajstić information content (AvgIpc) is 2.75. The van der Waals surface area contributed by atoms with E-state index in [2.05, 4.69) is 32.2 Å². The highest BCUT2D eigenvalue weighted by atomic mass is 32.1. The molecule has 0 bridgehead atoms. The Hall–Kier alpha value is -1.52. The van der Waals surface area contributed by atoms with Gasteiger partial charge in [-0.2, -0.15) is 0 Å². The van der Waals surface area contributed by atoms with Gasteiger partial charge in [-0.05, 0) is 50.1 Å². The van der Waals surface area contributed by atoms with Crippen molar-refractivity contribution in [1.82, 2.24) is 5.32 Å². The molecule has 1 aromatic heterocycles. The van der Waals surface area contributed by atoms with Crippen molar-refractivity contribution < 1.29 is 9.84 Å². The summed E-state index contributed by atoms with van der Waals surface area (Å²) in [5.41, 5.74) is 2.39. The standard InChI is InChI=1S/C16H21NO2S/c1-10-7-14(12(3)20-10)11(2)17-9-13-5-6-16(19-4)15(18)8-13/h5-8,11,17-18H,9H2,1-4H3/t11-/m0/s1. The highest BCUT2D eigenvalue weighted by Crippen LogP contribution is 2.28. The number of nitrogens with one attached hydrogen (secondary N) is 1. The zero-order valence-electron chi connectivity index (χ0n) is 12.4. The number of benzene rings is 1. The Labute approximate surface area is 124 Å². The number of methoxy groups -OCH3 is 1. The smallest absolute Gasteiger partial charge is 0.160 e. The molecule has 0 aliphatic heterocycles. The summed E-state index contributed by atoms with van der Waals surface area (Å²) in [6.07, 6.45) is 0. The van der Waals surface area contributed by atoms with Crippen LogP contribution in [0.15, 0.2) is 24.3 Å². The molecule has 1 heterocycles. The van der Waals surface area contributed by atoms with Crippen molar-refractivity contribution >= 4 is 11.3 Å². The number of phenolic OH excluding ortho intramolecular Hbond substituents is 1. The topological polar surface area (TPSA) is 41.5 Å². The minimum Gasteiger partial charge on any atom is -0.504 e. The molecule has 0 saturated carbocycles. The van der Waals surface area contributed by atoms with Crippen molar-refractivity contribution in [3.63, 3.8) is 0 Å². The number of aryl methyl sites for hydroxylation is 2. The number of hydrogen-bond donors (Lipinski definition) is 2. The van der Waals surface area contributed by atoms with Crippen LogP contribution in [0.1, 0.15) is 33.8 Å². The van der Waals surface area contributed by atoms with Crippen LogP contribution < -0.4 is 10.1 Å². The number of aromatic hydroxyl groups is 1. The van der Waals surface area contributed by atoms with Crippen LogP contribution in [0.2, 0.25) is 0 Å².